The minimum absolute atomic E-state index is 0.0625. The Morgan fingerprint density at radius 1 is 1.21 bits per heavy atom. The van der Waals surface area contributed by atoms with Gasteiger partial charge in [0, 0.05) is 37.3 Å². The van der Waals surface area contributed by atoms with Gasteiger partial charge in [-0.3, -0.25) is 14.6 Å². The third-order valence-corrected chi connectivity index (χ3v) is 8.49. The zero-order chi connectivity index (χ0) is 24.1. The second-order valence-electron chi connectivity index (χ2n) is 7.90. The molecule has 1 aliphatic heterocycles. The van der Waals surface area contributed by atoms with Crippen LogP contribution in [0, 0.1) is 0 Å². The number of anilines is 1. The predicted molar refractivity (Wildman–Crippen MR) is 134 cm³/mol. The molecule has 2 heterocycles. The Labute approximate surface area is 208 Å². The Morgan fingerprint density at radius 2 is 1.94 bits per heavy atom. The second kappa shape index (κ2) is 11.0. The largest absolute Gasteiger partial charge is 0.497 e. The first-order valence-electron chi connectivity index (χ1n) is 10.9. The Bertz CT molecular complexity index is 1240. The second-order valence-corrected chi connectivity index (χ2v) is 11.3. The van der Waals surface area contributed by atoms with Crippen LogP contribution in [0.2, 0.25) is 5.02 Å². The van der Waals surface area contributed by atoms with E-state index in [0.717, 1.165) is 24.3 Å². The molecule has 2 aromatic carbocycles. The van der Waals surface area contributed by atoms with Gasteiger partial charge in [0.2, 0.25) is 5.91 Å². The van der Waals surface area contributed by atoms with Gasteiger partial charge in [-0.1, -0.05) is 22.9 Å². The monoisotopic (exact) mass is 523 g/mol. The molecule has 1 fully saturated rings. The molecule has 182 valence electrons. The summed E-state index contributed by atoms with van der Waals surface area (Å²) in [5, 5.41) is 0.904. The van der Waals surface area contributed by atoms with Gasteiger partial charge >= 0.3 is 0 Å². The van der Waals surface area contributed by atoms with Crippen molar-refractivity contribution in [2.45, 2.75) is 11.3 Å². The summed E-state index contributed by atoms with van der Waals surface area (Å²) < 4.78 is 37.4. The van der Waals surface area contributed by atoms with E-state index >= 15 is 0 Å². The van der Waals surface area contributed by atoms with E-state index in [2.05, 4.69) is 9.88 Å². The lowest BCUT2D eigenvalue weighted by Crippen LogP contribution is -2.40. The van der Waals surface area contributed by atoms with Crippen LogP contribution >= 0.6 is 22.9 Å². The van der Waals surface area contributed by atoms with Crippen LogP contribution in [0.4, 0.5) is 5.13 Å². The van der Waals surface area contributed by atoms with Gasteiger partial charge in [0.1, 0.15) is 11.5 Å². The smallest absolute Gasteiger partial charge is 0.244 e. The summed E-state index contributed by atoms with van der Waals surface area (Å²) in [4.78, 5) is 21.8. The molecule has 8 nitrogen and oxygen atoms in total. The van der Waals surface area contributed by atoms with E-state index in [1.165, 1.54) is 40.5 Å². The van der Waals surface area contributed by atoms with Crippen molar-refractivity contribution in [1.82, 2.24) is 9.88 Å². The summed E-state index contributed by atoms with van der Waals surface area (Å²) in [7, 11) is -2.25. The number of hydrogen-bond acceptors (Lipinski definition) is 8. The topological polar surface area (TPSA) is 89.0 Å². The first kappa shape index (κ1) is 24.9. The molecule has 0 aliphatic carbocycles. The van der Waals surface area contributed by atoms with Crippen molar-refractivity contribution < 1.29 is 22.7 Å². The fourth-order valence-electron chi connectivity index (χ4n) is 3.71. The number of hydrogen-bond donors (Lipinski definition) is 0. The first-order valence-corrected chi connectivity index (χ1v) is 13.7. The highest BCUT2D eigenvalue weighted by molar-refractivity contribution is 7.92. The van der Waals surface area contributed by atoms with Crippen LogP contribution in [-0.4, -0.2) is 76.5 Å². The van der Waals surface area contributed by atoms with Gasteiger partial charge in [-0.2, -0.15) is 0 Å². The van der Waals surface area contributed by atoms with Crippen molar-refractivity contribution in [3.63, 3.8) is 0 Å². The molecule has 0 spiro atoms. The van der Waals surface area contributed by atoms with Crippen LogP contribution < -0.4 is 9.64 Å². The molecule has 11 heteroatoms. The molecule has 4 rings (SSSR count). The Kier molecular flexibility index (Phi) is 8.05. The minimum Gasteiger partial charge on any atom is -0.497 e. The SMILES string of the molecule is COc1ccc2sc(N(CCCN3CCOCC3)C(=O)CS(=O)(=O)c3ccc(Cl)cc3)nc2c1. The third-order valence-electron chi connectivity index (χ3n) is 5.56. The van der Waals surface area contributed by atoms with E-state index in [1.54, 1.807) is 13.2 Å². The number of morpholine rings is 1. The highest BCUT2D eigenvalue weighted by Crippen LogP contribution is 2.31. The zero-order valence-corrected chi connectivity index (χ0v) is 21.2. The molecule has 0 unspecified atom stereocenters. The van der Waals surface area contributed by atoms with Crippen molar-refractivity contribution in [2.75, 3.05) is 57.2 Å². The molecule has 1 amide bonds. The van der Waals surface area contributed by atoms with Crippen LogP contribution in [-0.2, 0) is 19.4 Å². The minimum atomic E-state index is -3.84. The number of fused-ring (bicyclic) bond motifs is 1. The molecule has 3 aromatic rings. The van der Waals surface area contributed by atoms with Crippen LogP contribution in [0.25, 0.3) is 10.2 Å². The molecule has 0 atom stereocenters. The number of carbonyl (C=O) groups is 1. The zero-order valence-electron chi connectivity index (χ0n) is 18.8. The molecule has 0 N–H and O–H groups in total. The molecular formula is C23H26ClN3O5S2. The van der Waals surface area contributed by atoms with Crippen molar-refractivity contribution in [3.8, 4) is 5.75 Å². The number of nitrogens with zero attached hydrogens (tertiary/aromatic N) is 3. The number of rotatable bonds is 9. The number of amides is 1. The fraction of sp³-hybridized carbons (Fsp3) is 0.391. The van der Waals surface area contributed by atoms with E-state index in [-0.39, 0.29) is 4.90 Å². The third kappa shape index (κ3) is 6.05. The summed E-state index contributed by atoms with van der Waals surface area (Å²) in [5.41, 5.74) is 0.700. The van der Waals surface area contributed by atoms with E-state index < -0.39 is 21.5 Å². The average Bonchev–Trinajstić information content (AvgIpc) is 3.25. The number of carbonyl (C=O) groups excluding carboxylic acids is 1. The van der Waals surface area contributed by atoms with Gasteiger partial charge < -0.3 is 9.47 Å². The van der Waals surface area contributed by atoms with Crippen LogP contribution in [0.1, 0.15) is 6.42 Å². The summed E-state index contributed by atoms with van der Waals surface area (Å²) in [6, 6.07) is 11.3. The van der Waals surface area contributed by atoms with E-state index in [1.807, 2.05) is 12.1 Å². The number of methoxy groups -OCH3 is 1. The summed E-state index contributed by atoms with van der Waals surface area (Å²) in [6.45, 7) is 4.24. The van der Waals surface area contributed by atoms with Crippen molar-refractivity contribution >= 4 is 54.0 Å². The number of thiazole rings is 1. The van der Waals surface area contributed by atoms with Gasteiger partial charge in [0.15, 0.2) is 15.0 Å². The molecule has 1 aromatic heterocycles. The molecule has 1 saturated heterocycles. The van der Waals surface area contributed by atoms with E-state index in [4.69, 9.17) is 21.1 Å². The standard InChI is InChI=1S/C23H26ClN3O5S2/c1-31-18-5-8-21-20(15-18)25-23(33-21)27(10-2-9-26-11-13-32-14-12-26)22(28)16-34(29,30)19-6-3-17(24)4-7-19/h3-8,15H,2,9-14,16H2,1H3. The molecule has 0 bridgehead atoms. The van der Waals surface area contributed by atoms with Crippen molar-refractivity contribution in [2.24, 2.45) is 0 Å². The predicted octanol–water partition coefficient (Wildman–Crippen LogP) is 3.49. The number of sulfone groups is 1. The van der Waals surface area contributed by atoms with Gasteiger partial charge in [-0.25, -0.2) is 13.4 Å². The molecule has 0 saturated carbocycles. The highest BCUT2D eigenvalue weighted by Gasteiger charge is 2.27. The van der Waals surface area contributed by atoms with Gasteiger partial charge in [-0.05, 0) is 42.8 Å². The van der Waals surface area contributed by atoms with Crippen molar-refractivity contribution in [3.05, 3.63) is 47.5 Å². The quantitative estimate of drug-likeness (QED) is 0.424. The summed E-state index contributed by atoms with van der Waals surface area (Å²) in [5.74, 6) is -0.492. The van der Waals surface area contributed by atoms with E-state index in [9.17, 15) is 13.2 Å². The average molecular weight is 524 g/mol. The Hall–Kier alpha value is -2.24. The lowest BCUT2D eigenvalue weighted by molar-refractivity contribution is -0.116. The normalized spacial score (nSPS) is 14.9. The van der Waals surface area contributed by atoms with Crippen LogP contribution in [0.3, 0.4) is 0 Å². The van der Waals surface area contributed by atoms with Gasteiger partial charge in [0.05, 0.1) is 35.4 Å². The Morgan fingerprint density at radius 3 is 2.65 bits per heavy atom. The molecular weight excluding hydrogens is 498 g/mol. The molecule has 0 radical (unpaired) electrons. The lowest BCUT2D eigenvalue weighted by atomic mass is 10.3. The lowest BCUT2D eigenvalue weighted by Gasteiger charge is -2.27. The number of halogens is 1. The van der Waals surface area contributed by atoms with Crippen LogP contribution in [0.15, 0.2) is 47.4 Å². The first-order chi connectivity index (χ1) is 16.4. The maximum Gasteiger partial charge on any atom is 0.244 e. The van der Waals surface area contributed by atoms with Gasteiger partial charge in [0.25, 0.3) is 0 Å². The van der Waals surface area contributed by atoms with Crippen molar-refractivity contribution in [1.29, 1.82) is 0 Å². The van der Waals surface area contributed by atoms with Gasteiger partial charge in [-0.15, -0.1) is 0 Å². The molecule has 1 aliphatic rings. The maximum atomic E-state index is 13.3. The molecule has 34 heavy (non-hydrogen) atoms. The van der Waals surface area contributed by atoms with Crippen LogP contribution in [0.5, 0.6) is 5.75 Å². The summed E-state index contributed by atoms with van der Waals surface area (Å²) in [6.07, 6.45) is 0.686. The number of benzene rings is 2. The number of ether oxygens (including phenoxy) is 2. The Balaban J connectivity index is 1.55. The number of aromatic nitrogens is 1. The maximum absolute atomic E-state index is 13.3. The fourth-order valence-corrected chi connectivity index (χ4v) is 6.02. The summed E-state index contributed by atoms with van der Waals surface area (Å²) >= 11 is 7.24. The highest BCUT2D eigenvalue weighted by atomic mass is 35.5. The van der Waals surface area contributed by atoms with E-state index in [0.29, 0.717) is 47.6 Å².